The van der Waals surface area contributed by atoms with E-state index in [0.717, 1.165) is 44.9 Å². The molecule has 34 heavy (non-hydrogen) atoms. The summed E-state index contributed by atoms with van der Waals surface area (Å²) in [6, 6.07) is 0. The lowest BCUT2D eigenvalue weighted by Gasteiger charge is -2.65. The third-order valence-electron chi connectivity index (χ3n) is 11.2. The van der Waals surface area contributed by atoms with Crippen LogP contribution in [0.2, 0.25) is 0 Å². The summed E-state index contributed by atoms with van der Waals surface area (Å²) in [5.74, 6) is 1.09. The highest BCUT2D eigenvalue weighted by Crippen LogP contribution is 2.73. The van der Waals surface area contributed by atoms with Crippen LogP contribution in [0.1, 0.15) is 72.1 Å². The Morgan fingerprint density at radius 1 is 0.882 bits per heavy atom. The second-order valence-corrected chi connectivity index (χ2v) is 13.1. The number of aliphatic hydroxyl groups is 6. The van der Waals surface area contributed by atoms with Crippen LogP contribution in [0.3, 0.4) is 0 Å². The molecule has 1 saturated heterocycles. The summed E-state index contributed by atoms with van der Waals surface area (Å²) in [6.07, 6.45) is 1.12. The van der Waals surface area contributed by atoms with Gasteiger partial charge in [-0.2, -0.15) is 0 Å². The molecule has 0 amide bonds. The fraction of sp³-hybridized carbons (Fsp3) is 1.00. The van der Waals surface area contributed by atoms with Crippen molar-refractivity contribution in [3.05, 3.63) is 0 Å². The van der Waals surface area contributed by atoms with Gasteiger partial charge in [0.05, 0.1) is 24.9 Å². The van der Waals surface area contributed by atoms with Gasteiger partial charge >= 0.3 is 0 Å². The van der Waals surface area contributed by atoms with Crippen molar-refractivity contribution >= 4 is 0 Å². The lowest BCUT2D eigenvalue weighted by atomic mass is 9.41. The van der Waals surface area contributed by atoms with Gasteiger partial charge in [-0.25, -0.2) is 0 Å². The van der Waals surface area contributed by atoms with Crippen LogP contribution in [0.25, 0.3) is 0 Å². The standard InChI is InChI=1S/C26H44O8/c1-23(2)16-6-9-25-10-14(26(32,12-25)13-28)4-5-17(25)24(16,3)8-7-18(23)34-22-21(31)20(30)19(29)15(11-27)33-22/h14-22,27-32H,4-13H2,1-3H3/t14-,15+,16-,17+,18-,19+,20-,21+,22-,24-,25+,26+/m1/s1. The van der Waals surface area contributed by atoms with E-state index in [9.17, 15) is 30.6 Å². The number of fused-ring (bicyclic) bond motifs is 3. The van der Waals surface area contributed by atoms with Gasteiger partial charge in [-0.1, -0.05) is 20.8 Å². The normalized spacial score (nSPS) is 56.6. The molecule has 5 rings (SSSR count). The van der Waals surface area contributed by atoms with Crippen molar-refractivity contribution in [3.63, 3.8) is 0 Å². The van der Waals surface area contributed by atoms with E-state index in [1.165, 1.54) is 0 Å². The summed E-state index contributed by atoms with van der Waals surface area (Å²) in [5, 5.41) is 61.5. The Labute approximate surface area is 202 Å². The molecule has 0 aromatic carbocycles. The van der Waals surface area contributed by atoms with Crippen molar-refractivity contribution in [1.82, 2.24) is 0 Å². The van der Waals surface area contributed by atoms with Gasteiger partial charge < -0.3 is 40.1 Å². The zero-order valence-corrected chi connectivity index (χ0v) is 20.8. The third-order valence-corrected chi connectivity index (χ3v) is 11.2. The Bertz CT molecular complexity index is 774. The summed E-state index contributed by atoms with van der Waals surface area (Å²) in [7, 11) is 0. The first-order chi connectivity index (χ1) is 15.9. The molecular weight excluding hydrogens is 440 g/mol. The van der Waals surface area contributed by atoms with Crippen LogP contribution in [0.4, 0.5) is 0 Å². The van der Waals surface area contributed by atoms with Gasteiger partial charge in [0.25, 0.3) is 0 Å². The smallest absolute Gasteiger partial charge is 0.186 e. The fourth-order valence-electron chi connectivity index (χ4n) is 9.59. The van der Waals surface area contributed by atoms with Crippen molar-refractivity contribution in [2.45, 2.75) is 115 Å². The number of hydrogen-bond donors (Lipinski definition) is 6. The fourth-order valence-corrected chi connectivity index (χ4v) is 9.59. The van der Waals surface area contributed by atoms with Gasteiger partial charge in [0, 0.05) is 0 Å². The quantitative estimate of drug-likeness (QED) is 0.324. The molecule has 4 aliphatic carbocycles. The maximum absolute atomic E-state index is 11.2. The van der Waals surface area contributed by atoms with Crippen LogP contribution in [0, 0.1) is 34.0 Å². The van der Waals surface area contributed by atoms with Crippen molar-refractivity contribution < 1.29 is 40.1 Å². The van der Waals surface area contributed by atoms with Gasteiger partial charge in [0.15, 0.2) is 6.29 Å². The largest absolute Gasteiger partial charge is 0.394 e. The average Bonchev–Trinajstić information content (AvgIpc) is 3.00. The third kappa shape index (κ3) is 3.47. The van der Waals surface area contributed by atoms with Crippen LogP contribution in [-0.4, -0.2) is 86.3 Å². The molecule has 8 nitrogen and oxygen atoms in total. The highest BCUT2D eigenvalue weighted by Gasteiger charge is 2.68. The van der Waals surface area contributed by atoms with Gasteiger partial charge in [-0.15, -0.1) is 0 Å². The summed E-state index contributed by atoms with van der Waals surface area (Å²) in [4.78, 5) is 0. The molecule has 8 heteroatoms. The first kappa shape index (κ1) is 25.3. The molecule has 0 unspecified atom stereocenters. The topological polar surface area (TPSA) is 140 Å². The molecule has 0 radical (unpaired) electrons. The molecular formula is C26H44O8. The Balaban J connectivity index is 1.36. The van der Waals surface area contributed by atoms with Crippen molar-refractivity contribution in [2.24, 2.45) is 34.0 Å². The zero-order chi connectivity index (χ0) is 24.7. The molecule has 0 aromatic heterocycles. The van der Waals surface area contributed by atoms with Gasteiger partial charge in [-0.05, 0) is 85.4 Å². The predicted octanol–water partition coefficient (Wildman–Crippen LogP) is 0.938. The molecule has 6 N–H and O–H groups in total. The minimum absolute atomic E-state index is 0.0999. The van der Waals surface area contributed by atoms with E-state index in [2.05, 4.69) is 20.8 Å². The molecule has 5 aliphatic rings. The first-order valence-corrected chi connectivity index (χ1v) is 13.2. The summed E-state index contributed by atoms with van der Waals surface area (Å²) >= 11 is 0. The van der Waals surface area contributed by atoms with E-state index in [4.69, 9.17) is 9.47 Å². The molecule has 0 aromatic rings. The number of hydrogen-bond acceptors (Lipinski definition) is 8. The molecule has 196 valence electrons. The van der Waals surface area contributed by atoms with E-state index in [1.54, 1.807) is 0 Å². The van der Waals surface area contributed by atoms with Crippen molar-refractivity contribution in [2.75, 3.05) is 13.2 Å². The second kappa shape index (κ2) is 8.35. The van der Waals surface area contributed by atoms with E-state index >= 15 is 0 Å². The Morgan fingerprint density at radius 2 is 1.62 bits per heavy atom. The highest BCUT2D eigenvalue weighted by molar-refractivity contribution is 5.17. The summed E-state index contributed by atoms with van der Waals surface area (Å²) < 4.78 is 12.0. The Morgan fingerprint density at radius 3 is 2.29 bits per heavy atom. The molecule has 12 atom stereocenters. The summed E-state index contributed by atoms with van der Waals surface area (Å²) in [6.45, 7) is 6.27. The minimum atomic E-state index is -1.44. The van der Waals surface area contributed by atoms with Crippen LogP contribution in [-0.2, 0) is 9.47 Å². The van der Waals surface area contributed by atoms with E-state index in [0.29, 0.717) is 18.3 Å². The molecule has 1 heterocycles. The monoisotopic (exact) mass is 484 g/mol. The van der Waals surface area contributed by atoms with Crippen LogP contribution < -0.4 is 0 Å². The number of ether oxygens (including phenoxy) is 2. The lowest BCUT2D eigenvalue weighted by Crippen LogP contribution is -2.63. The SMILES string of the molecule is CC1(C)[C@H]2CC[C@@]34C[C@@H](CC[C@H]3[C@]2(C)CC[C@H]1O[C@H]1O[C@@H](CO)[C@H](O)[C@@H](O)[C@@H]1O)[C@@](O)(CO)C4. The van der Waals surface area contributed by atoms with E-state index in [1.807, 2.05) is 0 Å². The summed E-state index contributed by atoms with van der Waals surface area (Å²) in [5.41, 5.74) is -0.942. The highest BCUT2D eigenvalue weighted by atomic mass is 16.7. The first-order valence-electron chi connectivity index (χ1n) is 13.2. The number of rotatable bonds is 4. The van der Waals surface area contributed by atoms with Gasteiger partial charge in [0.2, 0.25) is 0 Å². The second-order valence-electron chi connectivity index (χ2n) is 13.1. The molecule has 5 fully saturated rings. The number of aliphatic hydroxyl groups excluding tert-OH is 5. The predicted molar refractivity (Wildman–Crippen MR) is 122 cm³/mol. The van der Waals surface area contributed by atoms with Crippen LogP contribution >= 0.6 is 0 Å². The average molecular weight is 485 g/mol. The van der Waals surface area contributed by atoms with E-state index < -0.39 is 42.9 Å². The van der Waals surface area contributed by atoms with Crippen LogP contribution in [0.5, 0.6) is 0 Å². The van der Waals surface area contributed by atoms with Gasteiger partial charge in [0.1, 0.15) is 24.4 Å². The van der Waals surface area contributed by atoms with Crippen molar-refractivity contribution in [1.29, 1.82) is 0 Å². The van der Waals surface area contributed by atoms with E-state index in [-0.39, 0.29) is 34.9 Å². The maximum atomic E-state index is 11.2. The Hall–Kier alpha value is -0.320. The lowest BCUT2D eigenvalue weighted by molar-refractivity contribution is -0.329. The van der Waals surface area contributed by atoms with Crippen molar-refractivity contribution in [3.8, 4) is 0 Å². The molecule has 1 aliphatic heterocycles. The van der Waals surface area contributed by atoms with Gasteiger partial charge in [-0.3, -0.25) is 0 Å². The molecule has 1 spiro atoms. The minimum Gasteiger partial charge on any atom is -0.394 e. The molecule has 2 bridgehead atoms. The van der Waals surface area contributed by atoms with Crippen LogP contribution in [0.15, 0.2) is 0 Å². The molecule has 4 saturated carbocycles. The zero-order valence-electron chi connectivity index (χ0n) is 20.8. The maximum Gasteiger partial charge on any atom is 0.186 e. The Kier molecular flexibility index (Phi) is 6.22.